The SMILES string of the molecule is COC(=O)COc1c(C)c(C)c(OC(C)=O)c(CC(C)=O)c1C. The van der Waals surface area contributed by atoms with Crippen LogP contribution >= 0.6 is 0 Å². The summed E-state index contributed by atoms with van der Waals surface area (Å²) in [5.41, 5.74) is 2.70. The molecule has 1 aromatic rings. The molecule has 0 amide bonds. The Kier molecular flexibility index (Phi) is 6.30. The van der Waals surface area contributed by atoms with Gasteiger partial charge in [-0.1, -0.05) is 0 Å². The van der Waals surface area contributed by atoms with E-state index < -0.39 is 11.9 Å². The summed E-state index contributed by atoms with van der Waals surface area (Å²) in [6.07, 6.45) is 0.115. The molecule has 0 N–H and O–H groups in total. The molecule has 0 saturated heterocycles. The molecular formula is C17H22O6. The molecule has 6 nitrogen and oxygen atoms in total. The fraction of sp³-hybridized carbons (Fsp3) is 0.471. The van der Waals surface area contributed by atoms with Crippen LogP contribution in [-0.2, 0) is 25.5 Å². The van der Waals surface area contributed by atoms with Gasteiger partial charge in [0.25, 0.3) is 0 Å². The summed E-state index contributed by atoms with van der Waals surface area (Å²) in [6, 6.07) is 0. The van der Waals surface area contributed by atoms with Crippen molar-refractivity contribution in [3.8, 4) is 11.5 Å². The van der Waals surface area contributed by atoms with Crippen molar-refractivity contribution in [1.29, 1.82) is 0 Å². The lowest BCUT2D eigenvalue weighted by molar-refractivity contribution is -0.143. The highest BCUT2D eigenvalue weighted by Gasteiger charge is 2.22. The van der Waals surface area contributed by atoms with Gasteiger partial charge in [0.2, 0.25) is 0 Å². The van der Waals surface area contributed by atoms with Crippen molar-refractivity contribution in [2.24, 2.45) is 0 Å². The molecule has 6 heteroatoms. The summed E-state index contributed by atoms with van der Waals surface area (Å²) in [5, 5.41) is 0. The van der Waals surface area contributed by atoms with Crippen molar-refractivity contribution >= 4 is 17.7 Å². The highest BCUT2D eigenvalue weighted by atomic mass is 16.6. The number of ketones is 1. The third-order valence-corrected chi connectivity index (χ3v) is 3.54. The number of methoxy groups -OCH3 is 1. The Hall–Kier alpha value is -2.37. The van der Waals surface area contributed by atoms with Gasteiger partial charge in [-0.15, -0.1) is 0 Å². The van der Waals surface area contributed by atoms with Crippen molar-refractivity contribution in [2.75, 3.05) is 13.7 Å². The van der Waals surface area contributed by atoms with Gasteiger partial charge in [-0.05, 0) is 44.4 Å². The summed E-state index contributed by atoms with van der Waals surface area (Å²) in [5.74, 6) is -0.143. The number of carbonyl (C=O) groups excluding carboxylic acids is 3. The fourth-order valence-corrected chi connectivity index (χ4v) is 2.31. The van der Waals surface area contributed by atoms with Crippen LogP contribution in [0.5, 0.6) is 11.5 Å². The van der Waals surface area contributed by atoms with Crippen LogP contribution in [0.3, 0.4) is 0 Å². The number of carbonyl (C=O) groups is 3. The number of esters is 2. The van der Waals surface area contributed by atoms with E-state index in [1.165, 1.54) is 21.0 Å². The topological polar surface area (TPSA) is 78.9 Å². The Labute approximate surface area is 135 Å². The zero-order chi connectivity index (χ0) is 17.7. The minimum Gasteiger partial charge on any atom is -0.481 e. The second kappa shape index (κ2) is 7.76. The van der Waals surface area contributed by atoms with Gasteiger partial charge in [0, 0.05) is 18.9 Å². The third-order valence-electron chi connectivity index (χ3n) is 3.54. The number of rotatable bonds is 6. The Bertz CT molecular complexity index is 645. The lowest BCUT2D eigenvalue weighted by atomic mass is 9.94. The smallest absolute Gasteiger partial charge is 0.343 e. The molecule has 0 atom stereocenters. The van der Waals surface area contributed by atoms with E-state index in [2.05, 4.69) is 4.74 Å². The van der Waals surface area contributed by atoms with Gasteiger partial charge in [0.1, 0.15) is 17.3 Å². The molecule has 0 saturated carbocycles. The van der Waals surface area contributed by atoms with E-state index in [4.69, 9.17) is 9.47 Å². The first-order valence-electron chi connectivity index (χ1n) is 7.19. The summed E-state index contributed by atoms with van der Waals surface area (Å²) < 4.78 is 15.4. The predicted octanol–water partition coefficient (Wildman–Crippen LogP) is 2.22. The standard InChI is InChI=1S/C17H22O6/c1-9(18)7-14-12(4)16(22-8-15(20)21-6)10(2)11(3)17(14)23-13(5)19/h7-8H2,1-6H3. The van der Waals surface area contributed by atoms with Crippen LogP contribution in [0.15, 0.2) is 0 Å². The van der Waals surface area contributed by atoms with E-state index in [0.717, 1.165) is 5.56 Å². The van der Waals surface area contributed by atoms with E-state index in [9.17, 15) is 14.4 Å². The van der Waals surface area contributed by atoms with Crippen LogP contribution in [0, 0.1) is 20.8 Å². The number of Topliss-reactive ketones (excluding diaryl/α,β-unsaturated/α-hetero) is 1. The van der Waals surface area contributed by atoms with Crippen molar-refractivity contribution in [2.45, 2.75) is 41.0 Å². The fourth-order valence-electron chi connectivity index (χ4n) is 2.31. The maximum atomic E-state index is 11.6. The largest absolute Gasteiger partial charge is 0.481 e. The molecule has 23 heavy (non-hydrogen) atoms. The minimum atomic E-state index is -0.501. The molecule has 0 heterocycles. The lowest BCUT2D eigenvalue weighted by Crippen LogP contribution is -2.16. The minimum absolute atomic E-state index is 0.0660. The normalized spacial score (nSPS) is 10.2. The maximum absolute atomic E-state index is 11.6. The maximum Gasteiger partial charge on any atom is 0.343 e. The quantitative estimate of drug-likeness (QED) is 0.590. The monoisotopic (exact) mass is 322 g/mol. The van der Waals surface area contributed by atoms with Crippen LogP contribution in [0.25, 0.3) is 0 Å². The molecule has 0 spiro atoms. The van der Waals surface area contributed by atoms with E-state index in [-0.39, 0.29) is 18.8 Å². The molecule has 126 valence electrons. The van der Waals surface area contributed by atoms with Crippen molar-refractivity contribution < 1.29 is 28.6 Å². The van der Waals surface area contributed by atoms with E-state index in [0.29, 0.717) is 28.2 Å². The average molecular weight is 322 g/mol. The Balaban J connectivity index is 3.43. The average Bonchev–Trinajstić information content (AvgIpc) is 2.47. The van der Waals surface area contributed by atoms with E-state index >= 15 is 0 Å². The Morgan fingerprint density at radius 3 is 1.96 bits per heavy atom. The van der Waals surface area contributed by atoms with Crippen molar-refractivity contribution in [3.63, 3.8) is 0 Å². The first-order valence-corrected chi connectivity index (χ1v) is 7.19. The summed E-state index contributed by atoms with van der Waals surface area (Å²) in [4.78, 5) is 34.2. The Morgan fingerprint density at radius 1 is 0.913 bits per heavy atom. The molecule has 0 aromatic heterocycles. The van der Waals surface area contributed by atoms with Crippen LogP contribution in [0.4, 0.5) is 0 Å². The van der Waals surface area contributed by atoms with Gasteiger partial charge in [-0.2, -0.15) is 0 Å². The second-order valence-corrected chi connectivity index (χ2v) is 5.35. The highest BCUT2D eigenvalue weighted by molar-refractivity contribution is 5.81. The van der Waals surface area contributed by atoms with Crippen LogP contribution in [0.1, 0.15) is 36.1 Å². The van der Waals surface area contributed by atoms with Gasteiger partial charge in [-0.25, -0.2) is 4.79 Å². The second-order valence-electron chi connectivity index (χ2n) is 5.35. The molecule has 0 aliphatic carbocycles. The molecule has 1 rings (SSSR count). The molecule has 0 aliphatic rings. The predicted molar refractivity (Wildman–Crippen MR) is 83.9 cm³/mol. The molecule has 0 radical (unpaired) electrons. The number of benzene rings is 1. The molecule has 0 aliphatic heterocycles. The molecule has 1 aromatic carbocycles. The van der Waals surface area contributed by atoms with Gasteiger partial charge >= 0.3 is 11.9 Å². The zero-order valence-electron chi connectivity index (χ0n) is 14.4. The molecular weight excluding hydrogens is 300 g/mol. The van der Waals surface area contributed by atoms with Crippen LogP contribution in [-0.4, -0.2) is 31.4 Å². The summed E-state index contributed by atoms with van der Waals surface area (Å²) >= 11 is 0. The number of ether oxygens (including phenoxy) is 3. The summed E-state index contributed by atoms with van der Waals surface area (Å²) in [7, 11) is 1.28. The number of hydrogen-bond acceptors (Lipinski definition) is 6. The first-order chi connectivity index (χ1) is 10.7. The van der Waals surface area contributed by atoms with Crippen molar-refractivity contribution in [3.05, 3.63) is 22.3 Å². The van der Waals surface area contributed by atoms with Crippen LogP contribution < -0.4 is 9.47 Å². The van der Waals surface area contributed by atoms with Gasteiger partial charge in [0.05, 0.1) is 7.11 Å². The van der Waals surface area contributed by atoms with E-state index in [1.54, 1.807) is 20.8 Å². The third kappa shape index (κ3) is 4.55. The van der Waals surface area contributed by atoms with Gasteiger partial charge < -0.3 is 14.2 Å². The van der Waals surface area contributed by atoms with E-state index in [1.807, 2.05) is 0 Å². The lowest BCUT2D eigenvalue weighted by Gasteiger charge is -2.21. The summed E-state index contributed by atoms with van der Waals surface area (Å²) in [6.45, 7) is 7.89. The van der Waals surface area contributed by atoms with Gasteiger partial charge in [0.15, 0.2) is 6.61 Å². The molecule has 0 fully saturated rings. The highest BCUT2D eigenvalue weighted by Crippen LogP contribution is 2.38. The molecule has 0 unspecified atom stereocenters. The van der Waals surface area contributed by atoms with Gasteiger partial charge in [-0.3, -0.25) is 9.59 Å². The van der Waals surface area contributed by atoms with Crippen LogP contribution in [0.2, 0.25) is 0 Å². The van der Waals surface area contributed by atoms with Crippen molar-refractivity contribution in [1.82, 2.24) is 0 Å². The Morgan fingerprint density at radius 2 is 1.48 bits per heavy atom. The molecule has 0 bridgehead atoms. The first kappa shape index (κ1) is 18.7. The number of hydrogen-bond donors (Lipinski definition) is 0. The zero-order valence-corrected chi connectivity index (χ0v) is 14.4.